The van der Waals surface area contributed by atoms with Crippen LogP contribution in [0.3, 0.4) is 0 Å². The molecule has 19 heavy (non-hydrogen) atoms. The molecule has 1 rings (SSSR count). The molecule has 0 saturated heterocycles. The van der Waals surface area contributed by atoms with Crippen molar-refractivity contribution in [3.05, 3.63) is 23.0 Å². The summed E-state index contributed by atoms with van der Waals surface area (Å²) in [7, 11) is 3.76. The number of methoxy groups -OCH3 is 1. The van der Waals surface area contributed by atoms with E-state index in [0.29, 0.717) is 6.04 Å². The Morgan fingerprint density at radius 1 is 1.26 bits per heavy atom. The van der Waals surface area contributed by atoms with Crippen LogP contribution in [-0.4, -0.2) is 25.2 Å². The van der Waals surface area contributed by atoms with Gasteiger partial charge in [-0.15, -0.1) is 0 Å². The summed E-state index contributed by atoms with van der Waals surface area (Å²) in [5.74, 6) is 1.72. The van der Waals surface area contributed by atoms with Crippen molar-refractivity contribution in [2.75, 3.05) is 14.2 Å². The van der Waals surface area contributed by atoms with Gasteiger partial charge in [0.25, 0.3) is 0 Å². The first kappa shape index (κ1) is 16.0. The van der Waals surface area contributed by atoms with E-state index in [0.717, 1.165) is 29.3 Å². The lowest BCUT2D eigenvalue weighted by molar-refractivity contribution is 0.404. The summed E-state index contributed by atoms with van der Waals surface area (Å²) in [5, 5.41) is 3.40. The van der Waals surface area contributed by atoms with Gasteiger partial charge in [-0.05, 0) is 39.7 Å². The quantitative estimate of drug-likeness (QED) is 0.820. The molecule has 3 nitrogen and oxygen atoms in total. The highest BCUT2D eigenvalue weighted by Gasteiger charge is 2.14. The Balaban J connectivity index is 2.80. The van der Waals surface area contributed by atoms with Crippen LogP contribution in [0.2, 0.25) is 0 Å². The molecule has 3 heteroatoms. The molecular formula is C16H28N2O. The van der Waals surface area contributed by atoms with Crippen LogP contribution in [0.15, 0.2) is 6.20 Å². The Labute approximate surface area is 117 Å². The minimum atomic E-state index is 0.487. The molecule has 1 unspecified atom stereocenters. The predicted octanol–water partition coefficient (Wildman–Crippen LogP) is 3.27. The van der Waals surface area contributed by atoms with Gasteiger partial charge < -0.3 is 10.1 Å². The normalized spacial score (nSPS) is 12.8. The minimum Gasteiger partial charge on any atom is -0.496 e. The molecule has 0 spiro atoms. The van der Waals surface area contributed by atoms with E-state index >= 15 is 0 Å². The second-order valence-electron chi connectivity index (χ2n) is 5.71. The molecule has 1 aromatic heterocycles. The van der Waals surface area contributed by atoms with Crippen molar-refractivity contribution in [2.24, 2.45) is 5.92 Å². The summed E-state index contributed by atoms with van der Waals surface area (Å²) < 4.78 is 5.47. The first-order chi connectivity index (χ1) is 8.99. The maximum absolute atomic E-state index is 5.47. The summed E-state index contributed by atoms with van der Waals surface area (Å²) in [5.41, 5.74) is 3.42. The summed E-state index contributed by atoms with van der Waals surface area (Å²) in [6.45, 7) is 8.68. The maximum atomic E-state index is 5.47. The number of ether oxygens (including phenoxy) is 1. The second kappa shape index (κ2) is 7.49. The molecule has 0 aliphatic rings. The third-order valence-electron chi connectivity index (χ3n) is 3.69. The zero-order chi connectivity index (χ0) is 14.4. The van der Waals surface area contributed by atoms with Gasteiger partial charge in [0.15, 0.2) is 0 Å². The number of hydrogen-bond acceptors (Lipinski definition) is 3. The monoisotopic (exact) mass is 264 g/mol. The van der Waals surface area contributed by atoms with E-state index < -0.39 is 0 Å². The van der Waals surface area contributed by atoms with Crippen molar-refractivity contribution in [1.29, 1.82) is 0 Å². The van der Waals surface area contributed by atoms with Crippen LogP contribution in [0.5, 0.6) is 5.75 Å². The molecule has 1 atom stereocenters. The fourth-order valence-electron chi connectivity index (χ4n) is 2.39. The smallest absolute Gasteiger partial charge is 0.128 e. The van der Waals surface area contributed by atoms with Crippen LogP contribution in [0, 0.1) is 19.8 Å². The highest BCUT2D eigenvalue weighted by atomic mass is 16.5. The molecule has 0 aromatic carbocycles. The highest BCUT2D eigenvalue weighted by molar-refractivity contribution is 5.41. The van der Waals surface area contributed by atoms with Crippen LogP contribution >= 0.6 is 0 Å². The third kappa shape index (κ3) is 4.50. The fourth-order valence-corrected chi connectivity index (χ4v) is 2.39. The van der Waals surface area contributed by atoms with E-state index in [1.807, 2.05) is 20.2 Å². The molecular weight excluding hydrogens is 236 g/mol. The van der Waals surface area contributed by atoms with Crippen molar-refractivity contribution in [1.82, 2.24) is 10.3 Å². The standard InChI is InChI=1S/C16H28N2O/c1-11(2)7-8-14(17-5)9-15-13(4)16(19-6)12(3)10-18-15/h10-11,14,17H,7-9H2,1-6H3. The van der Waals surface area contributed by atoms with Crippen molar-refractivity contribution < 1.29 is 4.74 Å². The van der Waals surface area contributed by atoms with Gasteiger partial charge in [0.05, 0.1) is 7.11 Å². The van der Waals surface area contributed by atoms with E-state index in [1.165, 1.54) is 18.4 Å². The lowest BCUT2D eigenvalue weighted by atomic mass is 9.98. The summed E-state index contributed by atoms with van der Waals surface area (Å²) >= 11 is 0. The first-order valence-corrected chi connectivity index (χ1v) is 7.15. The molecule has 1 N–H and O–H groups in total. The lowest BCUT2D eigenvalue weighted by Crippen LogP contribution is -2.28. The Kier molecular flexibility index (Phi) is 6.29. The van der Waals surface area contributed by atoms with E-state index in [-0.39, 0.29) is 0 Å². The molecule has 0 radical (unpaired) electrons. The van der Waals surface area contributed by atoms with Crippen molar-refractivity contribution >= 4 is 0 Å². The zero-order valence-corrected chi connectivity index (χ0v) is 13.2. The number of nitrogens with one attached hydrogen (secondary N) is 1. The molecule has 0 bridgehead atoms. The average molecular weight is 264 g/mol. The Bertz CT molecular complexity index is 402. The molecule has 108 valence electrons. The van der Waals surface area contributed by atoms with Gasteiger partial charge in [0.2, 0.25) is 0 Å². The highest BCUT2D eigenvalue weighted by Crippen LogP contribution is 2.25. The van der Waals surface area contributed by atoms with Crippen molar-refractivity contribution in [3.8, 4) is 5.75 Å². The minimum absolute atomic E-state index is 0.487. The van der Waals surface area contributed by atoms with Crippen LogP contribution in [-0.2, 0) is 6.42 Å². The number of rotatable bonds is 7. The van der Waals surface area contributed by atoms with Crippen LogP contribution in [0.25, 0.3) is 0 Å². The number of likely N-dealkylation sites (N-methyl/N-ethyl adjacent to an activating group) is 1. The Hall–Kier alpha value is -1.09. The summed E-state index contributed by atoms with van der Waals surface area (Å²) in [4.78, 5) is 4.58. The molecule has 0 fully saturated rings. The van der Waals surface area contributed by atoms with Gasteiger partial charge in [0.1, 0.15) is 5.75 Å². The lowest BCUT2D eigenvalue weighted by Gasteiger charge is -2.19. The molecule has 0 amide bonds. The van der Waals surface area contributed by atoms with Crippen molar-refractivity contribution in [3.63, 3.8) is 0 Å². The number of hydrogen-bond donors (Lipinski definition) is 1. The van der Waals surface area contributed by atoms with E-state index in [9.17, 15) is 0 Å². The summed E-state index contributed by atoms with van der Waals surface area (Å²) in [6, 6.07) is 0.487. The topological polar surface area (TPSA) is 34.2 Å². The van der Waals surface area contributed by atoms with Gasteiger partial charge in [0, 0.05) is 35.5 Å². The largest absolute Gasteiger partial charge is 0.496 e. The van der Waals surface area contributed by atoms with Crippen LogP contribution in [0.4, 0.5) is 0 Å². The third-order valence-corrected chi connectivity index (χ3v) is 3.69. The number of aryl methyl sites for hydroxylation is 1. The first-order valence-electron chi connectivity index (χ1n) is 7.15. The predicted molar refractivity (Wildman–Crippen MR) is 80.9 cm³/mol. The molecule has 0 aliphatic carbocycles. The Morgan fingerprint density at radius 2 is 1.95 bits per heavy atom. The SMILES string of the molecule is CNC(CCC(C)C)Cc1ncc(C)c(OC)c1C. The van der Waals surface area contributed by atoms with E-state index in [4.69, 9.17) is 4.74 Å². The molecule has 0 aliphatic heterocycles. The molecule has 0 saturated carbocycles. The van der Waals surface area contributed by atoms with Gasteiger partial charge in [-0.3, -0.25) is 4.98 Å². The Morgan fingerprint density at radius 3 is 2.47 bits per heavy atom. The number of aromatic nitrogens is 1. The second-order valence-corrected chi connectivity index (χ2v) is 5.71. The fraction of sp³-hybridized carbons (Fsp3) is 0.688. The zero-order valence-electron chi connectivity index (χ0n) is 13.2. The molecule has 1 heterocycles. The van der Waals surface area contributed by atoms with Gasteiger partial charge in [-0.2, -0.15) is 0 Å². The maximum Gasteiger partial charge on any atom is 0.128 e. The van der Waals surface area contributed by atoms with Gasteiger partial charge in [-0.25, -0.2) is 0 Å². The average Bonchev–Trinajstić information content (AvgIpc) is 2.37. The van der Waals surface area contributed by atoms with Crippen molar-refractivity contribution in [2.45, 2.75) is 53.0 Å². The van der Waals surface area contributed by atoms with E-state index in [1.54, 1.807) is 7.11 Å². The number of pyridine rings is 1. The van der Waals surface area contributed by atoms with Gasteiger partial charge in [-0.1, -0.05) is 13.8 Å². The molecule has 1 aromatic rings. The van der Waals surface area contributed by atoms with Crippen LogP contribution in [0.1, 0.15) is 43.5 Å². The van der Waals surface area contributed by atoms with Crippen LogP contribution < -0.4 is 10.1 Å². The summed E-state index contributed by atoms with van der Waals surface area (Å²) in [6.07, 6.45) is 5.31. The van der Waals surface area contributed by atoms with Gasteiger partial charge >= 0.3 is 0 Å². The number of nitrogens with zero attached hydrogens (tertiary/aromatic N) is 1. The van der Waals surface area contributed by atoms with E-state index in [2.05, 4.69) is 31.1 Å².